The summed E-state index contributed by atoms with van der Waals surface area (Å²) in [7, 11) is 2.34. The Kier molecular flexibility index (Phi) is 6.97. The molecule has 4 aromatic carbocycles. The summed E-state index contributed by atoms with van der Waals surface area (Å²) in [6.45, 7) is 0. The van der Waals surface area contributed by atoms with Gasteiger partial charge in [-0.2, -0.15) is 0 Å². The van der Waals surface area contributed by atoms with Gasteiger partial charge in [-0.05, 0) is 0 Å². The molecule has 170 valence electrons. The molecule has 0 saturated heterocycles. The standard InChI is InChI=1S/C13H9.2C6H5.C5H5.2ClH.H2Si.Ti/c1-3-7-12-10(5-1)9-11-6-2-4-8-13(11)12;2*1-2-4-6-5-3-1;1-2-4-5-3-1;;;;/h1-5,7-8H,9H2;2*1-5H;1-3H,4H2;2*1H;1H2;. The number of fused-ring (bicyclic) bond motifs is 3. The first-order valence-electron chi connectivity index (χ1n) is 11.4. The van der Waals surface area contributed by atoms with Gasteiger partial charge in [-0.15, -0.1) is 24.8 Å². The number of hydrogen-bond donors (Lipinski definition) is 0. The Morgan fingerprint density at radius 3 is 1.82 bits per heavy atom. The average molecular weight is 535 g/mol. The number of allylic oxidation sites excluding steroid dienone is 4. The fourth-order valence-electron chi connectivity index (χ4n) is 6.16. The van der Waals surface area contributed by atoms with Gasteiger partial charge in [-0.3, -0.25) is 0 Å². The van der Waals surface area contributed by atoms with Gasteiger partial charge in [0.1, 0.15) is 0 Å². The van der Waals surface area contributed by atoms with Crippen LogP contribution in [0.2, 0.25) is 0 Å². The average Bonchev–Trinajstić information content (AvgIpc) is 3.54. The van der Waals surface area contributed by atoms with Gasteiger partial charge in [0.05, 0.1) is 0 Å². The third-order valence-electron chi connectivity index (χ3n) is 7.75. The van der Waals surface area contributed by atoms with Gasteiger partial charge in [-0.25, -0.2) is 0 Å². The Labute approximate surface area is 217 Å². The summed E-state index contributed by atoms with van der Waals surface area (Å²) in [5.41, 5.74) is 5.84. The van der Waals surface area contributed by atoms with E-state index in [9.17, 15) is 0 Å². The molecular formula is C30H28Cl2SiTi. The van der Waals surface area contributed by atoms with Gasteiger partial charge >= 0.3 is 194 Å². The summed E-state index contributed by atoms with van der Waals surface area (Å²) in [6.07, 6.45) is 9.12. The minimum absolute atomic E-state index is 0. The topological polar surface area (TPSA) is 0 Å². The molecule has 0 saturated carbocycles. The Morgan fingerprint density at radius 1 is 0.618 bits per heavy atom. The molecule has 0 spiro atoms. The van der Waals surface area contributed by atoms with Crippen LogP contribution in [0.1, 0.15) is 17.5 Å². The molecule has 0 amide bonds. The van der Waals surface area contributed by atoms with Crippen molar-refractivity contribution >= 4 is 44.0 Å². The second kappa shape index (κ2) is 9.49. The third-order valence-corrected chi connectivity index (χ3v) is 25.0. The van der Waals surface area contributed by atoms with Crippen LogP contribution in [0.5, 0.6) is 0 Å². The van der Waals surface area contributed by atoms with Crippen molar-refractivity contribution in [2.75, 3.05) is 0 Å². The fourth-order valence-corrected chi connectivity index (χ4v) is 20.4. The zero-order valence-corrected chi connectivity index (χ0v) is 23.6. The number of benzene rings is 4. The number of rotatable bonds is 4. The van der Waals surface area contributed by atoms with Crippen LogP contribution in [0.3, 0.4) is 0 Å². The van der Waals surface area contributed by atoms with Gasteiger partial charge in [0, 0.05) is 0 Å². The van der Waals surface area contributed by atoms with Crippen LogP contribution in [-0.4, -0.2) is 7.63 Å². The van der Waals surface area contributed by atoms with E-state index in [2.05, 4.69) is 129 Å². The molecule has 4 heteroatoms. The molecular weight excluding hydrogens is 507 g/mol. The molecule has 0 fully saturated rings. The first-order chi connectivity index (χ1) is 15.7. The van der Waals surface area contributed by atoms with Crippen LogP contribution >= 0.6 is 24.8 Å². The Hall–Kier alpha value is -2.13. The van der Waals surface area contributed by atoms with Crippen molar-refractivity contribution in [2.45, 2.75) is 12.8 Å². The van der Waals surface area contributed by atoms with Crippen LogP contribution in [0, 0.1) is 0 Å². The van der Waals surface area contributed by atoms with E-state index in [1.54, 1.807) is 13.3 Å². The van der Waals surface area contributed by atoms with Crippen molar-refractivity contribution in [3.63, 3.8) is 0 Å². The van der Waals surface area contributed by atoms with Crippen molar-refractivity contribution in [3.05, 3.63) is 136 Å². The normalized spacial score (nSPS) is 13.9. The molecule has 0 aliphatic heterocycles. The Bertz CT molecular complexity index is 1430. The van der Waals surface area contributed by atoms with Crippen LogP contribution in [0.25, 0.3) is 11.1 Å². The van der Waals surface area contributed by atoms with Crippen LogP contribution < -0.4 is 11.6 Å². The van der Waals surface area contributed by atoms with Crippen LogP contribution in [0.4, 0.5) is 0 Å². The summed E-state index contributed by atoms with van der Waals surface area (Å²) in [5, 5.41) is 0. The second-order valence-corrected chi connectivity index (χ2v) is 23.2. The molecule has 0 unspecified atom stereocenters. The maximum atomic E-state index is 2.47. The van der Waals surface area contributed by atoms with E-state index >= 15 is 0 Å². The van der Waals surface area contributed by atoms with Crippen molar-refractivity contribution in [1.29, 1.82) is 0 Å². The van der Waals surface area contributed by atoms with Gasteiger partial charge in [-0.1, -0.05) is 0 Å². The van der Waals surface area contributed by atoms with E-state index in [-0.39, 0.29) is 24.8 Å². The zero-order chi connectivity index (χ0) is 21.6. The third kappa shape index (κ3) is 3.38. The summed E-state index contributed by atoms with van der Waals surface area (Å²) in [5.74, 6) is 0. The number of halogens is 2. The predicted octanol–water partition coefficient (Wildman–Crippen LogP) is 5.46. The van der Waals surface area contributed by atoms with Gasteiger partial charge in [0.25, 0.3) is 0 Å². The van der Waals surface area contributed by atoms with Crippen molar-refractivity contribution < 1.29 is 14.0 Å². The molecule has 0 nitrogen and oxygen atoms in total. The molecule has 0 aromatic heterocycles. The van der Waals surface area contributed by atoms with E-state index in [4.69, 9.17) is 0 Å². The maximum absolute atomic E-state index is 3.86. The van der Waals surface area contributed by atoms with E-state index in [0.29, 0.717) is 0 Å². The molecule has 6 rings (SSSR count). The molecule has 0 atom stereocenters. The molecule has 2 aliphatic rings. The van der Waals surface area contributed by atoms with E-state index in [0.717, 1.165) is 12.8 Å². The van der Waals surface area contributed by atoms with Crippen molar-refractivity contribution in [1.82, 2.24) is 0 Å². The van der Waals surface area contributed by atoms with E-state index in [1.165, 1.54) is 24.4 Å². The van der Waals surface area contributed by atoms with Crippen molar-refractivity contribution in [3.8, 4) is 11.1 Å². The molecule has 0 radical (unpaired) electrons. The Balaban J connectivity index is 0.00000137. The summed E-state index contributed by atoms with van der Waals surface area (Å²) >= 11 is -3.86. The van der Waals surface area contributed by atoms with E-state index in [1.807, 2.05) is 0 Å². The second-order valence-electron chi connectivity index (χ2n) is 9.18. The van der Waals surface area contributed by atoms with Gasteiger partial charge in [0.15, 0.2) is 0 Å². The fraction of sp³-hybridized carbons (Fsp3) is 0.0667. The zero-order valence-electron chi connectivity index (χ0n) is 19.0. The molecule has 34 heavy (non-hydrogen) atoms. The molecule has 4 aromatic rings. The first-order valence-corrected chi connectivity index (χ1v) is 18.6. The first kappa shape index (κ1) is 25.0. The number of hydrogen-bond acceptors (Lipinski definition) is 0. The van der Waals surface area contributed by atoms with Gasteiger partial charge < -0.3 is 0 Å². The van der Waals surface area contributed by atoms with E-state index < -0.39 is 14.0 Å². The van der Waals surface area contributed by atoms with Crippen molar-refractivity contribution in [2.24, 2.45) is 0 Å². The molecule has 2 aliphatic carbocycles. The molecule has 0 bridgehead atoms. The SMILES string of the molecule is Cl.Cl.[SiH2]=[Ti]([C]1=CC=CC1)([c]1ccccc1)([c]1ccccc1)[c]1cccc2c1Cc1ccccc1-2. The predicted molar refractivity (Wildman–Crippen MR) is 151 cm³/mol. The molecule has 0 heterocycles. The molecule has 0 N–H and O–H groups in total. The Morgan fingerprint density at radius 2 is 1.21 bits per heavy atom. The summed E-state index contributed by atoms with van der Waals surface area (Å²) < 4.78 is 6.27. The van der Waals surface area contributed by atoms with Crippen LogP contribution in [-0.2, 0) is 20.5 Å². The quantitative estimate of drug-likeness (QED) is 0.268. The monoisotopic (exact) mass is 534 g/mol. The minimum atomic E-state index is -3.86. The summed E-state index contributed by atoms with van der Waals surface area (Å²) in [6, 6.07) is 38.9. The summed E-state index contributed by atoms with van der Waals surface area (Å²) in [4.78, 5) is 0. The van der Waals surface area contributed by atoms with Gasteiger partial charge in [0.2, 0.25) is 0 Å². The van der Waals surface area contributed by atoms with Crippen LogP contribution in [0.15, 0.2) is 125 Å².